The van der Waals surface area contributed by atoms with Gasteiger partial charge in [-0.3, -0.25) is 10.1 Å². The largest absolute Gasteiger partial charge is 0.489 e. The quantitative estimate of drug-likeness (QED) is 0.469. The molecule has 0 saturated carbocycles. The number of benzene rings is 3. The Labute approximate surface area is 166 Å². The minimum Gasteiger partial charge on any atom is -0.489 e. The summed E-state index contributed by atoms with van der Waals surface area (Å²) in [4.78, 5) is 10.8. The minimum atomic E-state index is -0.440. The van der Waals surface area contributed by atoms with Gasteiger partial charge in [0.2, 0.25) is 0 Å². The van der Waals surface area contributed by atoms with Gasteiger partial charge in [-0.25, -0.2) is 0 Å². The molecule has 1 aliphatic heterocycles. The molecule has 0 N–H and O–H groups in total. The van der Waals surface area contributed by atoms with Crippen LogP contribution in [0.5, 0.6) is 11.5 Å². The van der Waals surface area contributed by atoms with Gasteiger partial charge in [-0.15, -0.1) is 0 Å². The van der Waals surface area contributed by atoms with Crippen LogP contribution in [-0.4, -0.2) is 11.7 Å². The number of nitriles is 1. The van der Waals surface area contributed by atoms with Crippen LogP contribution in [0, 0.1) is 21.4 Å². The van der Waals surface area contributed by atoms with Gasteiger partial charge in [0.25, 0.3) is 5.69 Å². The van der Waals surface area contributed by atoms with Crippen LogP contribution in [0.1, 0.15) is 16.7 Å². The lowest BCUT2D eigenvalue weighted by molar-refractivity contribution is -0.385. The normalized spacial score (nSPS) is 12.4. The summed E-state index contributed by atoms with van der Waals surface area (Å²) in [5.74, 6) is 1.21. The van der Waals surface area contributed by atoms with Gasteiger partial charge in [0, 0.05) is 23.3 Å². The lowest BCUT2D eigenvalue weighted by Crippen LogP contribution is -2.14. The average Bonchev–Trinajstić information content (AvgIpc) is 2.77. The Balaban J connectivity index is 1.51. The van der Waals surface area contributed by atoms with E-state index in [0.29, 0.717) is 28.2 Å². The van der Waals surface area contributed by atoms with E-state index >= 15 is 0 Å². The number of nitrogens with zero attached hydrogens (tertiary/aromatic N) is 2. The Morgan fingerprint density at radius 3 is 2.41 bits per heavy atom. The molecule has 0 bridgehead atoms. The van der Waals surface area contributed by atoms with Crippen LogP contribution in [0.4, 0.5) is 5.69 Å². The number of hydrogen-bond donors (Lipinski definition) is 0. The van der Waals surface area contributed by atoms with E-state index in [4.69, 9.17) is 19.5 Å². The molecule has 0 amide bonds. The number of ether oxygens (including phenoxy) is 3. The maximum Gasteiger partial charge on any atom is 0.270 e. The summed E-state index contributed by atoms with van der Waals surface area (Å²) in [6, 6.07) is 19.9. The van der Waals surface area contributed by atoms with Crippen molar-refractivity contribution in [2.75, 3.05) is 6.79 Å². The van der Waals surface area contributed by atoms with Crippen LogP contribution < -0.4 is 9.47 Å². The molecule has 0 radical (unpaired) electrons. The van der Waals surface area contributed by atoms with E-state index in [9.17, 15) is 10.1 Å². The summed E-state index contributed by atoms with van der Waals surface area (Å²) in [6.45, 7) is 0.515. The first kappa shape index (κ1) is 18.5. The molecule has 29 heavy (non-hydrogen) atoms. The van der Waals surface area contributed by atoms with Crippen molar-refractivity contribution in [1.29, 1.82) is 5.26 Å². The molecule has 3 aromatic rings. The highest BCUT2D eigenvalue weighted by molar-refractivity contribution is 5.65. The van der Waals surface area contributed by atoms with Crippen LogP contribution in [0.25, 0.3) is 11.1 Å². The highest BCUT2D eigenvalue weighted by Gasteiger charge is 2.21. The van der Waals surface area contributed by atoms with Gasteiger partial charge in [0.15, 0.2) is 6.79 Å². The summed E-state index contributed by atoms with van der Waals surface area (Å²) >= 11 is 0. The zero-order chi connectivity index (χ0) is 20.2. The second kappa shape index (κ2) is 8.00. The predicted molar refractivity (Wildman–Crippen MR) is 104 cm³/mol. The summed E-state index contributed by atoms with van der Waals surface area (Å²) in [5.41, 5.74) is 3.83. The van der Waals surface area contributed by atoms with E-state index in [-0.39, 0.29) is 25.7 Å². The fourth-order valence-electron chi connectivity index (χ4n) is 3.14. The molecule has 7 nitrogen and oxygen atoms in total. The molecule has 3 aromatic carbocycles. The summed E-state index contributed by atoms with van der Waals surface area (Å²) in [7, 11) is 0. The average molecular weight is 388 g/mol. The first-order valence-electron chi connectivity index (χ1n) is 8.88. The molecule has 4 rings (SSSR count). The van der Waals surface area contributed by atoms with E-state index in [1.165, 1.54) is 12.1 Å². The van der Waals surface area contributed by atoms with Crippen LogP contribution >= 0.6 is 0 Å². The van der Waals surface area contributed by atoms with Gasteiger partial charge >= 0.3 is 0 Å². The van der Waals surface area contributed by atoms with Crippen LogP contribution in [0.2, 0.25) is 0 Å². The van der Waals surface area contributed by atoms with Crippen molar-refractivity contribution in [1.82, 2.24) is 0 Å². The second-order valence-electron chi connectivity index (χ2n) is 6.46. The molecule has 0 unspecified atom stereocenters. The second-order valence-corrected chi connectivity index (χ2v) is 6.46. The van der Waals surface area contributed by atoms with Gasteiger partial charge in [-0.05, 0) is 35.4 Å². The molecule has 0 fully saturated rings. The molecule has 1 aliphatic rings. The van der Waals surface area contributed by atoms with Crippen LogP contribution in [0.3, 0.4) is 0 Å². The van der Waals surface area contributed by atoms with E-state index in [1.807, 2.05) is 36.4 Å². The predicted octanol–water partition coefficient (Wildman–Crippen LogP) is 4.58. The van der Waals surface area contributed by atoms with Crippen molar-refractivity contribution in [3.8, 4) is 28.7 Å². The van der Waals surface area contributed by atoms with Crippen molar-refractivity contribution < 1.29 is 19.1 Å². The summed E-state index contributed by atoms with van der Waals surface area (Å²) < 4.78 is 16.6. The Morgan fingerprint density at radius 2 is 1.76 bits per heavy atom. The molecular weight excluding hydrogens is 372 g/mol. The van der Waals surface area contributed by atoms with E-state index < -0.39 is 4.92 Å². The first-order chi connectivity index (χ1) is 14.1. The molecule has 7 heteroatoms. The Bertz CT molecular complexity index is 1090. The minimum absolute atomic E-state index is 0.0207. The fraction of sp³-hybridized carbons (Fsp3) is 0.136. The Hall–Kier alpha value is -3.89. The summed E-state index contributed by atoms with van der Waals surface area (Å²) in [6.07, 6.45) is 0. The Morgan fingerprint density at radius 1 is 1.07 bits per heavy atom. The maximum atomic E-state index is 11.2. The lowest BCUT2D eigenvalue weighted by atomic mass is 10.0. The molecule has 0 aromatic heterocycles. The van der Waals surface area contributed by atoms with Gasteiger partial charge in [0.1, 0.15) is 18.1 Å². The molecule has 1 heterocycles. The Kier molecular flexibility index (Phi) is 5.10. The highest BCUT2D eigenvalue weighted by atomic mass is 16.7. The number of hydrogen-bond acceptors (Lipinski definition) is 6. The number of nitro groups is 1. The van der Waals surface area contributed by atoms with E-state index in [2.05, 4.69) is 6.07 Å². The van der Waals surface area contributed by atoms with Gasteiger partial charge in [0.05, 0.1) is 23.2 Å². The summed E-state index contributed by atoms with van der Waals surface area (Å²) in [5, 5.41) is 20.1. The van der Waals surface area contributed by atoms with Crippen molar-refractivity contribution in [2.24, 2.45) is 0 Å². The molecule has 0 saturated heterocycles. The number of fused-ring (bicyclic) bond motifs is 1. The van der Waals surface area contributed by atoms with Gasteiger partial charge in [-0.1, -0.05) is 24.3 Å². The molecule has 0 atom stereocenters. The topological polar surface area (TPSA) is 94.6 Å². The smallest absolute Gasteiger partial charge is 0.270 e. The maximum absolute atomic E-state index is 11.2. The molecular formula is C22H16N2O5. The van der Waals surface area contributed by atoms with Crippen molar-refractivity contribution in [3.05, 3.63) is 87.5 Å². The SMILES string of the molecule is N#Cc1ccc(-c2ccc(OCc3cc([N+](=O)[O-])cc4c3OCOC4)cc2)cc1. The van der Waals surface area contributed by atoms with E-state index in [1.54, 1.807) is 12.1 Å². The standard InChI is InChI=1S/C22H16N2O5/c23-11-15-1-3-16(4-2-15)17-5-7-21(8-6-17)28-13-19-10-20(24(25)26)9-18-12-27-14-29-22(18)19/h1-10H,12-14H2. The van der Waals surface area contributed by atoms with Gasteiger partial charge in [-0.2, -0.15) is 5.26 Å². The van der Waals surface area contributed by atoms with Crippen molar-refractivity contribution >= 4 is 5.69 Å². The zero-order valence-electron chi connectivity index (χ0n) is 15.3. The first-order valence-corrected chi connectivity index (χ1v) is 8.88. The van der Waals surface area contributed by atoms with Crippen molar-refractivity contribution in [2.45, 2.75) is 13.2 Å². The molecule has 144 valence electrons. The number of nitro benzene ring substituents is 1. The van der Waals surface area contributed by atoms with Crippen LogP contribution in [-0.2, 0) is 18.0 Å². The third-order valence-corrected chi connectivity index (χ3v) is 4.58. The highest BCUT2D eigenvalue weighted by Crippen LogP contribution is 2.33. The fourth-order valence-corrected chi connectivity index (χ4v) is 3.14. The third kappa shape index (κ3) is 4.03. The van der Waals surface area contributed by atoms with Crippen LogP contribution in [0.15, 0.2) is 60.7 Å². The monoisotopic (exact) mass is 388 g/mol. The van der Waals surface area contributed by atoms with Crippen molar-refractivity contribution in [3.63, 3.8) is 0 Å². The number of rotatable bonds is 5. The third-order valence-electron chi connectivity index (χ3n) is 4.58. The lowest BCUT2D eigenvalue weighted by Gasteiger charge is -2.20. The van der Waals surface area contributed by atoms with Gasteiger partial charge < -0.3 is 14.2 Å². The zero-order valence-corrected chi connectivity index (χ0v) is 15.3. The molecule has 0 aliphatic carbocycles. The molecule has 0 spiro atoms. The van der Waals surface area contributed by atoms with E-state index in [0.717, 1.165) is 11.1 Å². The number of non-ortho nitro benzene ring substituents is 1.